The van der Waals surface area contributed by atoms with E-state index in [-0.39, 0.29) is 0 Å². The fourth-order valence-electron chi connectivity index (χ4n) is 2.28. The monoisotopic (exact) mass is 402 g/mol. The lowest BCUT2D eigenvalue weighted by Crippen LogP contribution is -2.18. The lowest BCUT2D eigenvalue weighted by molar-refractivity contribution is 0.740. The normalized spacial score (nSPS) is 26.1. The third-order valence-electron chi connectivity index (χ3n) is 3.45. The molecule has 0 N–H and O–H groups in total. The summed E-state index contributed by atoms with van der Waals surface area (Å²) < 4.78 is 2.44. The first kappa shape index (κ1) is 21.1. The quantitative estimate of drug-likeness (QED) is 0.253. The van der Waals surface area contributed by atoms with Crippen LogP contribution in [0.5, 0.6) is 0 Å². The Morgan fingerprint density at radius 2 is 0.762 bits per heavy atom. The Hall–Kier alpha value is 2.10. The molecule has 0 aromatic heterocycles. The van der Waals surface area contributed by atoms with E-state index in [1.165, 1.54) is 57.8 Å². The minimum absolute atomic E-state index is 0.813. The minimum Gasteiger partial charge on any atom is -0.179 e. The SMILES string of the molecule is SCCCCC1SC(CCCCS)SC(CCCCS)S1. The van der Waals surface area contributed by atoms with Gasteiger partial charge in [-0.15, -0.1) is 35.3 Å². The molecule has 6 heteroatoms. The molecule has 0 unspecified atom stereocenters. The zero-order valence-corrected chi connectivity index (χ0v) is 17.9. The zero-order valence-electron chi connectivity index (χ0n) is 12.8. The summed E-state index contributed by atoms with van der Waals surface area (Å²) in [6, 6.07) is 0. The van der Waals surface area contributed by atoms with Gasteiger partial charge in [0.25, 0.3) is 0 Å². The molecule has 0 nitrogen and oxygen atoms in total. The van der Waals surface area contributed by atoms with Gasteiger partial charge in [-0.2, -0.15) is 37.9 Å². The summed E-state index contributed by atoms with van der Waals surface area (Å²) in [5.74, 6) is 3.11. The molecule has 1 aliphatic rings. The van der Waals surface area contributed by atoms with Crippen LogP contribution in [0.3, 0.4) is 0 Å². The number of hydrogen-bond acceptors (Lipinski definition) is 6. The Labute approximate surface area is 161 Å². The average Bonchev–Trinajstić information content (AvgIpc) is 2.48. The van der Waals surface area contributed by atoms with Crippen LogP contribution in [0.15, 0.2) is 0 Å². The lowest BCUT2D eigenvalue weighted by atomic mass is 10.3. The van der Waals surface area contributed by atoms with E-state index in [4.69, 9.17) is 0 Å². The second kappa shape index (κ2) is 14.4. The Kier molecular flexibility index (Phi) is 14.5. The number of thioether (sulfide) groups is 3. The molecule has 0 radical (unpaired) electrons. The summed E-state index contributed by atoms with van der Waals surface area (Å²) in [4.78, 5) is 0. The van der Waals surface area contributed by atoms with E-state index in [2.05, 4.69) is 73.2 Å². The standard InChI is InChI=1S/C15H30S6/c16-10-4-1-7-13-19-14(8-2-5-11-17)21-15(20-13)9-3-6-12-18/h13-18H,1-12H2. The van der Waals surface area contributed by atoms with Gasteiger partial charge in [-0.05, 0) is 55.8 Å². The molecular weight excluding hydrogens is 373 g/mol. The van der Waals surface area contributed by atoms with Crippen molar-refractivity contribution in [3.8, 4) is 0 Å². The Balaban J connectivity index is 2.35. The molecule has 1 heterocycles. The molecule has 0 bridgehead atoms. The second-order valence-electron chi connectivity index (χ2n) is 5.36. The highest BCUT2D eigenvalue weighted by molar-refractivity contribution is 8.33. The number of thiol groups is 3. The number of rotatable bonds is 12. The summed E-state index contributed by atoms with van der Waals surface area (Å²) in [5.41, 5.74) is 0. The molecule has 0 aliphatic carbocycles. The highest BCUT2D eigenvalue weighted by Crippen LogP contribution is 2.51. The molecule has 0 aromatic carbocycles. The van der Waals surface area contributed by atoms with Crippen LogP contribution in [0, 0.1) is 0 Å². The maximum Gasteiger partial charge on any atom is 0.0524 e. The molecule has 1 rings (SSSR count). The topological polar surface area (TPSA) is 0 Å². The molecule has 21 heavy (non-hydrogen) atoms. The molecule has 0 amide bonds. The maximum atomic E-state index is 4.34. The van der Waals surface area contributed by atoms with Crippen molar-refractivity contribution in [2.24, 2.45) is 0 Å². The highest BCUT2D eigenvalue weighted by Gasteiger charge is 2.29. The van der Waals surface area contributed by atoms with Crippen LogP contribution in [0.2, 0.25) is 0 Å². The van der Waals surface area contributed by atoms with Gasteiger partial charge in [-0.3, -0.25) is 0 Å². The van der Waals surface area contributed by atoms with Gasteiger partial charge < -0.3 is 0 Å². The largest absolute Gasteiger partial charge is 0.179 e. The number of unbranched alkanes of at least 4 members (excludes halogenated alkanes) is 3. The van der Waals surface area contributed by atoms with Gasteiger partial charge >= 0.3 is 0 Å². The summed E-state index contributed by atoms with van der Waals surface area (Å²) in [6.45, 7) is 0. The van der Waals surface area contributed by atoms with Gasteiger partial charge in [-0.1, -0.05) is 19.3 Å². The zero-order chi connectivity index (χ0) is 15.3. The van der Waals surface area contributed by atoms with E-state index in [9.17, 15) is 0 Å². The second-order valence-corrected chi connectivity index (χ2v) is 11.8. The summed E-state index contributed by atoms with van der Waals surface area (Å²) >= 11 is 19.7. The van der Waals surface area contributed by atoms with Crippen LogP contribution in [0.25, 0.3) is 0 Å². The van der Waals surface area contributed by atoms with E-state index in [0.29, 0.717) is 0 Å². The van der Waals surface area contributed by atoms with Gasteiger partial charge in [0, 0.05) is 0 Å². The molecule has 1 aliphatic heterocycles. The summed E-state index contributed by atoms with van der Waals surface area (Å²) in [5, 5.41) is 0. The van der Waals surface area contributed by atoms with Crippen LogP contribution < -0.4 is 0 Å². The van der Waals surface area contributed by atoms with Gasteiger partial charge in [0.1, 0.15) is 0 Å². The maximum absolute atomic E-state index is 4.34. The Bertz CT molecular complexity index is 194. The van der Waals surface area contributed by atoms with Crippen molar-refractivity contribution in [1.29, 1.82) is 0 Å². The van der Waals surface area contributed by atoms with Crippen LogP contribution in [0.4, 0.5) is 0 Å². The van der Waals surface area contributed by atoms with Crippen LogP contribution >= 0.6 is 73.2 Å². The molecule has 0 atom stereocenters. The van der Waals surface area contributed by atoms with Crippen molar-refractivity contribution in [3.63, 3.8) is 0 Å². The third-order valence-corrected chi connectivity index (χ3v) is 9.64. The molecule has 0 saturated carbocycles. The van der Waals surface area contributed by atoms with Crippen molar-refractivity contribution in [1.82, 2.24) is 0 Å². The Morgan fingerprint density at radius 1 is 0.476 bits per heavy atom. The van der Waals surface area contributed by atoms with E-state index >= 15 is 0 Å². The predicted molar refractivity (Wildman–Crippen MR) is 117 cm³/mol. The van der Waals surface area contributed by atoms with Gasteiger partial charge in [0.05, 0.1) is 13.7 Å². The van der Waals surface area contributed by atoms with E-state index in [1.54, 1.807) is 0 Å². The molecule has 126 valence electrons. The minimum atomic E-state index is 0.813. The lowest BCUT2D eigenvalue weighted by Gasteiger charge is -2.34. The molecular formula is C15H30S6. The third kappa shape index (κ3) is 10.5. The van der Waals surface area contributed by atoms with Gasteiger partial charge in [-0.25, -0.2) is 0 Å². The highest BCUT2D eigenvalue weighted by atomic mass is 32.3. The summed E-state index contributed by atoms with van der Waals surface area (Å²) in [6.07, 6.45) is 11.9. The average molecular weight is 403 g/mol. The first-order valence-electron chi connectivity index (χ1n) is 8.09. The van der Waals surface area contributed by atoms with E-state index in [1.807, 2.05) is 0 Å². The van der Waals surface area contributed by atoms with Crippen molar-refractivity contribution >= 4 is 73.2 Å². The Morgan fingerprint density at radius 3 is 1.00 bits per heavy atom. The molecule has 1 fully saturated rings. The van der Waals surface area contributed by atoms with Crippen LogP contribution in [-0.2, 0) is 0 Å². The molecule has 0 spiro atoms. The fourth-order valence-corrected chi connectivity index (χ4v) is 9.60. The van der Waals surface area contributed by atoms with Crippen molar-refractivity contribution < 1.29 is 0 Å². The fraction of sp³-hybridized carbons (Fsp3) is 1.00. The summed E-state index contributed by atoms with van der Waals surface area (Å²) in [7, 11) is 0. The first-order chi connectivity index (χ1) is 10.3. The first-order valence-corrected chi connectivity index (χ1v) is 12.8. The molecule has 1 saturated heterocycles. The smallest absolute Gasteiger partial charge is 0.0524 e. The van der Waals surface area contributed by atoms with E-state index < -0.39 is 0 Å². The van der Waals surface area contributed by atoms with Gasteiger partial charge in [0.2, 0.25) is 0 Å². The van der Waals surface area contributed by atoms with E-state index in [0.717, 1.165) is 31.0 Å². The van der Waals surface area contributed by atoms with Gasteiger partial charge in [0.15, 0.2) is 0 Å². The van der Waals surface area contributed by atoms with Crippen LogP contribution in [-0.4, -0.2) is 31.0 Å². The molecule has 0 aromatic rings. The van der Waals surface area contributed by atoms with Crippen LogP contribution in [0.1, 0.15) is 57.8 Å². The predicted octanol–water partition coefficient (Wildman–Crippen LogP) is 6.48. The van der Waals surface area contributed by atoms with Crippen molar-refractivity contribution in [3.05, 3.63) is 0 Å². The van der Waals surface area contributed by atoms with Crippen molar-refractivity contribution in [2.45, 2.75) is 71.5 Å². The van der Waals surface area contributed by atoms with Crippen molar-refractivity contribution in [2.75, 3.05) is 17.3 Å². The number of hydrogen-bond donors (Lipinski definition) is 3.